The van der Waals surface area contributed by atoms with Crippen molar-refractivity contribution in [2.45, 2.75) is 75.5 Å². The van der Waals surface area contributed by atoms with Crippen LogP contribution >= 0.6 is 0 Å². The molecule has 2 bridgehead atoms. The Labute approximate surface area is 193 Å². The van der Waals surface area contributed by atoms with Gasteiger partial charge in [0.1, 0.15) is 18.3 Å². The predicted molar refractivity (Wildman–Crippen MR) is 107 cm³/mol. The standard InChI is InChI=1S/C22H27F4N3O5/c23-21-8-20(9-21,10-21)18(33)29-11-19(2-3-19)6-14(29)17(32)28-13(5-12-1-4-27-16(12)31)15(30)7-34-22(24,25)26/h12-14H,1-11H2,(H,27,31)(H,28,32)/t12-,13-,14-,20?,21?/m0/s1. The smallest absolute Gasteiger partial charge is 0.356 e. The van der Waals surface area contributed by atoms with Gasteiger partial charge in [0.15, 0.2) is 5.78 Å². The summed E-state index contributed by atoms with van der Waals surface area (Å²) in [5.74, 6) is -2.85. The number of amides is 3. The van der Waals surface area contributed by atoms with Crippen molar-refractivity contribution in [3.05, 3.63) is 0 Å². The molecule has 2 saturated heterocycles. The highest BCUT2D eigenvalue weighted by molar-refractivity contribution is 5.96. The number of alkyl halides is 4. The van der Waals surface area contributed by atoms with E-state index in [-0.39, 0.29) is 42.9 Å². The van der Waals surface area contributed by atoms with Gasteiger partial charge in [-0.25, -0.2) is 4.39 Å². The van der Waals surface area contributed by atoms with Crippen molar-refractivity contribution in [3.8, 4) is 0 Å². The lowest BCUT2D eigenvalue weighted by Crippen LogP contribution is -2.71. The van der Waals surface area contributed by atoms with Crippen LogP contribution in [0.2, 0.25) is 0 Å². The Balaban J connectivity index is 1.29. The van der Waals surface area contributed by atoms with Crippen LogP contribution in [-0.2, 0) is 23.9 Å². The first-order chi connectivity index (χ1) is 15.8. The quantitative estimate of drug-likeness (QED) is 0.502. The number of rotatable bonds is 8. The second kappa shape index (κ2) is 7.63. The molecule has 34 heavy (non-hydrogen) atoms. The molecule has 8 nitrogen and oxygen atoms in total. The molecule has 2 heterocycles. The number of likely N-dealkylation sites (tertiary alicyclic amines) is 1. The molecule has 0 aromatic carbocycles. The van der Waals surface area contributed by atoms with Gasteiger partial charge < -0.3 is 15.5 Å². The third kappa shape index (κ3) is 4.18. The maximum atomic E-state index is 14.0. The minimum atomic E-state index is -5.02. The van der Waals surface area contributed by atoms with Crippen LogP contribution in [0.15, 0.2) is 0 Å². The molecule has 12 heteroatoms. The molecule has 6 fully saturated rings. The molecular weight excluding hydrogens is 462 g/mol. The number of ketones is 1. The zero-order chi connectivity index (χ0) is 24.5. The van der Waals surface area contributed by atoms with E-state index in [4.69, 9.17) is 0 Å². The zero-order valence-electron chi connectivity index (χ0n) is 18.5. The maximum Gasteiger partial charge on any atom is 0.522 e. The molecule has 3 amide bonds. The number of nitrogens with one attached hydrogen (secondary N) is 2. The fourth-order valence-corrected chi connectivity index (χ4v) is 6.19. The van der Waals surface area contributed by atoms with Crippen molar-refractivity contribution in [1.82, 2.24) is 15.5 Å². The largest absolute Gasteiger partial charge is 0.522 e. The molecule has 0 aromatic rings. The third-order valence-electron chi connectivity index (χ3n) is 8.21. The monoisotopic (exact) mass is 489 g/mol. The number of carbonyl (C=O) groups is 4. The molecule has 0 radical (unpaired) electrons. The average molecular weight is 489 g/mol. The van der Waals surface area contributed by atoms with E-state index in [2.05, 4.69) is 15.4 Å². The molecule has 4 aliphatic carbocycles. The van der Waals surface area contributed by atoms with Gasteiger partial charge in [0.25, 0.3) is 0 Å². The van der Waals surface area contributed by atoms with E-state index in [9.17, 15) is 36.7 Å². The number of nitrogens with zero attached hydrogens (tertiary/aromatic N) is 1. The Morgan fingerprint density at radius 1 is 1.21 bits per heavy atom. The van der Waals surface area contributed by atoms with Crippen LogP contribution in [0.5, 0.6) is 0 Å². The van der Waals surface area contributed by atoms with E-state index in [0.29, 0.717) is 25.9 Å². The van der Waals surface area contributed by atoms with E-state index in [0.717, 1.165) is 12.8 Å². The van der Waals surface area contributed by atoms with E-state index < -0.39 is 53.7 Å². The molecule has 1 spiro atoms. The van der Waals surface area contributed by atoms with Crippen LogP contribution in [0, 0.1) is 16.7 Å². The average Bonchev–Trinajstić information content (AvgIpc) is 3.17. The highest BCUT2D eigenvalue weighted by atomic mass is 19.4. The van der Waals surface area contributed by atoms with Crippen molar-refractivity contribution in [3.63, 3.8) is 0 Å². The molecule has 0 unspecified atom stereocenters. The van der Waals surface area contributed by atoms with Gasteiger partial charge in [0, 0.05) is 19.0 Å². The molecule has 0 aromatic heterocycles. The summed E-state index contributed by atoms with van der Waals surface area (Å²) in [5, 5.41) is 5.12. The fourth-order valence-electron chi connectivity index (χ4n) is 6.19. The normalized spacial score (nSPS) is 35.9. The van der Waals surface area contributed by atoms with Gasteiger partial charge in [-0.3, -0.25) is 23.9 Å². The summed E-state index contributed by atoms with van der Waals surface area (Å²) in [7, 11) is 0. The number of hydrogen-bond donors (Lipinski definition) is 2. The van der Waals surface area contributed by atoms with E-state index in [1.54, 1.807) is 0 Å². The SMILES string of the molecule is O=C1NCC[C@H]1C[C@H](NC(=O)[C@@H]1CC2(CC2)CN1C(=O)C12CC(F)(C1)C2)C(=O)COC(F)(F)F. The van der Waals surface area contributed by atoms with Crippen molar-refractivity contribution in [1.29, 1.82) is 0 Å². The van der Waals surface area contributed by atoms with Gasteiger partial charge in [-0.15, -0.1) is 13.2 Å². The molecular formula is C22H27F4N3O5. The number of halogens is 4. The fraction of sp³-hybridized carbons (Fsp3) is 0.818. The van der Waals surface area contributed by atoms with Gasteiger partial charge in [-0.1, -0.05) is 0 Å². The van der Waals surface area contributed by atoms with E-state index in [1.165, 1.54) is 4.90 Å². The summed E-state index contributed by atoms with van der Waals surface area (Å²) in [6, 6.07) is -2.24. The summed E-state index contributed by atoms with van der Waals surface area (Å²) < 4.78 is 55.1. The Hall–Kier alpha value is -2.24. The van der Waals surface area contributed by atoms with Crippen LogP contribution in [-0.4, -0.2) is 72.2 Å². The Bertz CT molecular complexity index is 914. The van der Waals surface area contributed by atoms with Gasteiger partial charge in [0.2, 0.25) is 17.7 Å². The molecule has 6 aliphatic rings. The van der Waals surface area contributed by atoms with Crippen LogP contribution in [0.3, 0.4) is 0 Å². The Kier molecular flexibility index (Phi) is 5.27. The second-order valence-electron chi connectivity index (χ2n) is 10.9. The van der Waals surface area contributed by atoms with Gasteiger partial charge in [-0.2, -0.15) is 0 Å². The van der Waals surface area contributed by atoms with Crippen molar-refractivity contribution >= 4 is 23.5 Å². The lowest BCUT2D eigenvalue weighted by molar-refractivity contribution is -0.321. The van der Waals surface area contributed by atoms with E-state index in [1.807, 2.05) is 0 Å². The zero-order valence-corrected chi connectivity index (χ0v) is 18.5. The first kappa shape index (κ1) is 23.5. The molecule has 3 atom stereocenters. The molecule has 2 N–H and O–H groups in total. The minimum absolute atomic E-state index is 0.155. The lowest BCUT2D eigenvalue weighted by atomic mass is 9.42. The first-order valence-electron chi connectivity index (χ1n) is 11.6. The van der Waals surface area contributed by atoms with Gasteiger partial charge >= 0.3 is 6.36 Å². The highest BCUT2D eigenvalue weighted by Gasteiger charge is 2.74. The summed E-state index contributed by atoms with van der Waals surface area (Å²) in [5.41, 5.74) is -2.20. The van der Waals surface area contributed by atoms with Crippen LogP contribution in [0.25, 0.3) is 0 Å². The summed E-state index contributed by atoms with van der Waals surface area (Å²) in [6.45, 7) is -0.531. The van der Waals surface area contributed by atoms with Gasteiger partial charge in [-0.05, 0) is 56.8 Å². The van der Waals surface area contributed by atoms with Crippen LogP contribution < -0.4 is 10.6 Å². The molecule has 188 valence electrons. The third-order valence-corrected chi connectivity index (χ3v) is 8.21. The topological polar surface area (TPSA) is 105 Å². The maximum absolute atomic E-state index is 14.0. The number of carbonyl (C=O) groups excluding carboxylic acids is 4. The summed E-state index contributed by atoms with van der Waals surface area (Å²) >= 11 is 0. The lowest BCUT2D eigenvalue weighted by Gasteiger charge is -2.65. The van der Waals surface area contributed by atoms with Crippen molar-refractivity contribution in [2.75, 3.05) is 19.7 Å². The van der Waals surface area contributed by atoms with Crippen molar-refractivity contribution < 1.29 is 41.5 Å². The Morgan fingerprint density at radius 2 is 1.88 bits per heavy atom. The summed E-state index contributed by atoms with van der Waals surface area (Å²) in [6.07, 6.45) is -2.21. The van der Waals surface area contributed by atoms with Crippen LogP contribution in [0.4, 0.5) is 17.6 Å². The Morgan fingerprint density at radius 3 is 2.41 bits per heavy atom. The first-order valence-corrected chi connectivity index (χ1v) is 11.6. The molecule has 2 aliphatic heterocycles. The van der Waals surface area contributed by atoms with Crippen LogP contribution in [0.1, 0.15) is 51.4 Å². The number of Topliss-reactive ketones (excluding diaryl/α,β-unsaturated/α-hetero) is 1. The van der Waals surface area contributed by atoms with Crippen molar-refractivity contribution in [2.24, 2.45) is 16.7 Å². The summed E-state index contributed by atoms with van der Waals surface area (Å²) in [4.78, 5) is 52.5. The minimum Gasteiger partial charge on any atom is -0.356 e. The number of hydrogen-bond acceptors (Lipinski definition) is 5. The van der Waals surface area contributed by atoms with Gasteiger partial charge in [0.05, 0.1) is 11.5 Å². The second-order valence-corrected chi connectivity index (χ2v) is 10.9. The predicted octanol–water partition coefficient (Wildman–Crippen LogP) is 1.38. The molecule has 4 saturated carbocycles. The highest BCUT2D eigenvalue weighted by Crippen LogP contribution is 2.70. The van der Waals surface area contributed by atoms with E-state index >= 15 is 0 Å². The molecule has 6 rings (SSSR count). The number of ether oxygens (including phenoxy) is 1.